The number of phenols is 1. The number of halogens is 3. The largest absolute Gasteiger partial charge is 0.506 e. The minimum atomic E-state index is -4.36. The fraction of sp³-hybridized carbons (Fsp3) is 0.308. The summed E-state index contributed by atoms with van der Waals surface area (Å²) in [4.78, 5) is 18.9. The van der Waals surface area contributed by atoms with Crippen LogP contribution in [0.5, 0.6) is 5.75 Å². The number of carbonyl (C=O) groups excluding carboxylic acids is 1. The van der Waals surface area contributed by atoms with E-state index in [1.54, 1.807) is 4.72 Å². The zero-order valence-corrected chi connectivity index (χ0v) is 13.5. The van der Waals surface area contributed by atoms with Crippen molar-refractivity contribution in [2.24, 2.45) is 0 Å². The van der Waals surface area contributed by atoms with Gasteiger partial charge in [0.2, 0.25) is 5.95 Å². The van der Waals surface area contributed by atoms with Crippen molar-refractivity contribution < 1.29 is 31.5 Å². The third-order valence-corrected chi connectivity index (χ3v) is 5.34. The van der Waals surface area contributed by atoms with Gasteiger partial charge in [0, 0.05) is 18.0 Å². The van der Waals surface area contributed by atoms with Crippen LogP contribution in [0.15, 0.2) is 12.3 Å². The number of aromatic hydroxyl groups is 1. The average Bonchev–Trinajstić information content (AvgIpc) is 3.02. The monoisotopic (exact) mass is 389 g/mol. The van der Waals surface area contributed by atoms with Gasteiger partial charge in [0.25, 0.3) is 11.8 Å². The van der Waals surface area contributed by atoms with Crippen LogP contribution in [0, 0.1) is 5.82 Å². The Morgan fingerprint density at radius 1 is 1.42 bits per heavy atom. The molecule has 1 amide bonds. The Kier molecular flexibility index (Phi) is 3.26. The first-order chi connectivity index (χ1) is 12.1. The summed E-state index contributed by atoms with van der Waals surface area (Å²) in [7, 11) is -4.36. The number of nitrogens with one attached hydrogen (secondary N) is 2. The van der Waals surface area contributed by atoms with Gasteiger partial charge in [0.15, 0.2) is 5.82 Å². The first kappa shape index (κ1) is 16.6. The van der Waals surface area contributed by atoms with Crippen LogP contribution in [-0.2, 0) is 15.0 Å². The predicted octanol–water partition coefficient (Wildman–Crippen LogP) is 0.475. The zero-order chi connectivity index (χ0) is 18.9. The van der Waals surface area contributed by atoms with Crippen molar-refractivity contribution in [2.45, 2.75) is 18.4 Å². The number of rotatable bonds is 3. The van der Waals surface area contributed by atoms with E-state index in [4.69, 9.17) is 0 Å². The second kappa shape index (κ2) is 5.09. The number of amides is 1. The van der Waals surface area contributed by atoms with Crippen LogP contribution in [0.2, 0.25) is 0 Å². The van der Waals surface area contributed by atoms with E-state index in [1.807, 2.05) is 0 Å². The molecule has 2 aliphatic rings. The molecule has 2 fully saturated rings. The van der Waals surface area contributed by atoms with Crippen LogP contribution in [0.1, 0.15) is 6.42 Å². The second-order valence-electron chi connectivity index (χ2n) is 5.89. The number of hydrogen-bond donors (Lipinski definition) is 3. The van der Waals surface area contributed by atoms with Gasteiger partial charge in [-0.3, -0.25) is 4.79 Å². The van der Waals surface area contributed by atoms with Crippen molar-refractivity contribution in [3.05, 3.63) is 18.1 Å². The highest BCUT2D eigenvalue weighted by Crippen LogP contribution is 2.43. The molecule has 9 nitrogen and oxygen atoms in total. The Morgan fingerprint density at radius 2 is 2.12 bits per heavy atom. The third kappa shape index (κ3) is 2.55. The summed E-state index contributed by atoms with van der Waals surface area (Å²) in [5, 5.41) is 12.4. The summed E-state index contributed by atoms with van der Waals surface area (Å²) in [6, 6.07) is -0.151. The third-order valence-electron chi connectivity index (χ3n) is 3.97. The lowest BCUT2D eigenvalue weighted by atomic mass is 10.2. The SMILES string of the molecule is O=C1CN(c2c(O)cc3cnc(NC4CC4(F)F)nc3c2F)S(=O)(=O)N1. The summed E-state index contributed by atoms with van der Waals surface area (Å²) >= 11 is 0. The highest BCUT2D eigenvalue weighted by molar-refractivity contribution is 7.92. The van der Waals surface area contributed by atoms with Crippen molar-refractivity contribution in [1.29, 1.82) is 0 Å². The van der Waals surface area contributed by atoms with Crippen LogP contribution in [0.4, 0.5) is 24.8 Å². The van der Waals surface area contributed by atoms with Crippen molar-refractivity contribution >= 4 is 38.7 Å². The molecule has 1 atom stereocenters. The smallest absolute Gasteiger partial charge is 0.326 e. The van der Waals surface area contributed by atoms with Gasteiger partial charge in [-0.1, -0.05) is 0 Å². The van der Waals surface area contributed by atoms with E-state index in [9.17, 15) is 31.5 Å². The minimum Gasteiger partial charge on any atom is -0.506 e. The first-order valence-electron chi connectivity index (χ1n) is 7.24. The summed E-state index contributed by atoms with van der Waals surface area (Å²) in [5.41, 5.74) is -1.16. The number of carbonyl (C=O) groups is 1. The fourth-order valence-corrected chi connectivity index (χ4v) is 3.75. The molecule has 13 heteroatoms. The number of nitrogens with zero attached hydrogens (tertiary/aromatic N) is 3. The Bertz CT molecular complexity index is 1060. The van der Waals surface area contributed by atoms with E-state index in [0.717, 1.165) is 12.3 Å². The van der Waals surface area contributed by atoms with Crippen LogP contribution in [0.3, 0.4) is 0 Å². The lowest BCUT2D eigenvalue weighted by molar-refractivity contribution is -0.117. The van der Waals surface area contributed by atoms with Crippen molar-refractivity contribution in [3.63, 3.8) is 0 Å². The van der Waals surface area contributed by atoms with Crippen LogP contribution >= 0.6 is 0 Å². The zero-order valence-electron chi connectivity index (χ0n) is 12.7. The molecule has 0 radical (unpaired) electrons. The molecule has 1 aliphatic carbocycles. The van der Waals surface area contributed by atoms with Gasteiger partial charge in [0.05, 0.1) is 6.04 Å². The number of anilines is 2. The number of fused-ring (bicyclic) bond motifs is 1. The van der Waals surface area contributed by atoms with Crippen LogP contribution in [0.25, 0.3) is 10.9 Å². The van der Waals surface area contributed by atoms with Gasteiger partial charge in [0.1, 0.15) is 23.5 Å². The molecular weight excluding hydrogens is 379 g/mol. The molecule has 2 heterocycles. The van der Waals surface area contributed by atoms with E-state index >= 15 is 0 Å². The maximum absolute atomic E-state index is 14.9. The lowest BCUT2D eigenvalue weighted by Crippen LogP contribution is -2.30. The maximum Gasteiger partial charge on any atom is 0.326 e. The quantitative estimate of drug-likeness (QED) is 0.697. The first-order valence-corrected chi connectivity index (χ1v) is 8.68. The molecule has 4 rings (SSSR count). The summed E-state index contributed by atoms with van der Waals surface area (Å²) in [5.74, 6) is -6.04. The van der Waals surface area contributed by atoms with Gasteiger partial charge < -0.3 is 10.4 Å². The Hall–Kier alpha value is -2.83. The van der Waals surface area contributed by atoms with E-state index in [0.29, 0.717) is 4.31 Å². The van der Waals surface area contributed by atoms with Gasteiger partial charge in [-0.2, -0.15) is 8.42 Å². The van der Waals surface area contributed by atoms with E-state index in [-0.39, 0.29) is 11.3 Å². The lowest BCUT2D eigenvalue weighted by Gasteiger charge is -2.18. The topological polar surface area (TPSA) is 125 Å². The summed E-state index contributed by atoms with van der Waals surface area (Å²) in [6.45, 7) is -0.719. The number of alkyl halides is 2. The molecule has 0 spiro atoms. The maximum atomic E-state index is 14.9. The number of benzene rings is 1. The molecular formula is C13H10F3N5O4S. The molecule has 2 aromatic rings. The number of hydrogen-bond acceptors (Lipinski definition) is 7. The highest BCUT2D eigenvalue weighted by atomic mass is 32.2. The number of phenolic OH excluding ortho intramolecular Hbond substituents is 1. The molecule has 3 N–H and O–H groups in total. The van der Waals surface area contributed by atoms with Gasteiger partial charge in [-0.25, -0.2) is 32.2 Å². The standard InChI is InChI=1S/C13H10F3N5O4S/c14-9-10-5(3-17-12(19-10)18-7-2-13(7,15)16)1-6(22)11(9)21-4-8(23)20-26(21,24)25/h1,3,7,22H,2,4H2,(H,20,23)(H,17,18,19). The van der Waals surface area contributed by atoms with Gasteiger partial charge >= 0.3 is 10.2 Å². The normalized spacial score (nSPS) is 23.1. The van der Waals surface area contributed by atoms with Crippen molar-refractivity contribution in [3.8, 4) is 5.75 Å². The molecule has 26 heavy (non-hydrogen) atoms. The average molecular weight is 389 g/mol. The van der Waals surface area contributed by atoms with Crippen molar-refractivity contribution in [2.75, 3.05) is 16.2 Å². The molecule has 1 saturated heterocycles. The Balaban J connectivity index is 1.80. The second-order valence-corrected chi connectivity index (χ2v) is 7.48. The number of aromatic nitrogens is 2. The Morgan fingerprint density at radius 3 is 2.69 bits per heavy atom. The molecule has 1 saturated carbocycles. The molecule has 0 bridgehead atoms. The summed E-state index contributed by atoms with van der Waals surface area (Å²) in [6.07, 6.45) is 0.692. The van der Waals surface area contributed by atoms with Crippen LogP contribution < -0.4 is 14.3 Å². The predicted molar refractivity (Wildman–Crippen MR) is 82.5 cm³/mol. The minimum absolute atomic E-state index is 0.0211. The van der Waals surface area contributed by atoms with Crippen molar-refractivity contribution in [1.82, 2.24) is 14.7 Å². The van der Waals surface area contributed by atoms with E-state index in [2.05, 4.69) is 15.3 Å². The fourth-order valence-electron chi connectivity index (χ4n) is 2.59. The molecule has 1 aromatic carbocycles. The molecule has 1 unspecified atom stereocenters. The van der Waals surface area contributed by atoms with E-state index in [1.165, 1.54) is 0 Å². The van der Waals surface area contributed by atoms with Gasteiger partial charge in [-0.15, -0.1) is 0 Å². The van der Waals surface area contributed by atoms with E-state index < -0.39 is 63.8 Å². The summed E-state index contributed by atoms with van der Waals surface area (Å²) < 4.78 is 66.6. The van der Waals surface area contributed by atoms with Crippen LogP contribution in [-0.4, -0.2) is 47.9 Å². The highest BCUT2D eigenvalue weighted by Gasteiger charge is 2.57. The Labute approximate surface area is 144 Å². The van der Waals surface area contributed by atoms with Gasteiger partial charge in [-0.05, 0) is 6.07 Å². The molecule has 138 valence electrons. The molecule has 1 aromatic heterocycles. The molecule has 1 aliphatic heterocycles.